The molecule has 1 aromatic heterocycles. The number of unbranched alkanes of at least 4 members (excludes halogenated alkanes) is 7. The van der Waals surface area contributed by atoms with E-state index < -0.39 is 0 Å². The van der Waals surface area contributed by atoms with Gasteiger partial charge in [0, 0.05) is 13.7 Å². The van der Waals surface area contributed by atoms with Crippen LogP contribution in [0.3, 0.4) is 0 Å². The quantitative estimate of drug-likeness (QED) is 0.254. The Kier molecular flexibility index (Phi) is 11.2. The van der Waals surface area contributed by atoms with E-state index in [1.807, 2.05) is 11.3 Å². The first kappa shape index (κ1) is 18.2. The van der Waals surface area contributed by atoms with E-state index in [-0.39, 0.29) is 0 Å². The molecule has 0 aliphatic carbocycles. The van der Waals surface area contributed by atoms with Gasteiger partial charge in [0.25, 0.3) is 0 Å². The molecular formula is C15H24I2OS. The molecule has 0 fully saturated rings. The molecule has 0 bridgehead atoms. The molecule has 0 spiro atoms. The van der Waals surface area contributed by atoms with E-state index in [1.54, 1.807) is 12.7 Å². The number of hydrogen-bond donors (Lipinski definition) is 0. The van der Waals surface area contributed by atoms with Crippen molar-refractivity contribution in [2.45, 2.75) is 57.8 Å². The van der Waals surface area contributed by atoms with Gasteiger partial charge in [0.05, 0.1) is 5.77 Å². The standard InChI is InChI=1S/C15H24I2OS/c1-18-11-9-7-5-3-2-4-6-8-10-13-12-14(16)19-15(13)17/h12H,2-11H2,1H3. The van der Waals surface area contributed by atoms with Gasteiger partial charge < -0.3 is 4.74 Å². The first-order chi connectivity index (χ1) is 9.24. The minimum atomic E-state index is 0.929. The fourth-order valence-corrected chi connectivity index (χ4v) is 6.27. The van der Waals surface area contributed by atoms with E-state index in [2.05, 4.69) is 51.2 Å². The number of thiophene rings is 1. The van der Waals surface area contributed by atoms with Crippen molar-refractivity contribution in [3.8, 4) is 0 Å². The number of methoxy groups -OCH3 is 1. The lowest BCUT2D eigenvalue weighted by Gasteiger charge is -2.02. The van der Waals surface area contributed by atoms with Crippen molar-refractivity contribution in [2.24, 2.45) is 0 Å². The number of hydrogen-bond acceptors (Lipinski definition) is 2. The van der Waals surface area contributed by atoms with Crippen LogP contribution in [-0.2, 0) is 11.2 Å². The fourth-order valence-electron chi connectivity index (χ4n) is 2.17. The SMILES string of the molecule is COCCCCCCCCCCc1cc(I)sc1I. The van der Waals surface area contributed by atoms with Gasteiger partial charge >= 0.3 is 0 Å². The predicted molar refractivity (Wildman–Crippen MR) is 102 cm³/mol. The van der Waals surface area contributed by atoms with Crippen molar-refractivity contribution < 1.29 is 4.74 Å². The van der Waals surface area contributed by atoms with Crippen molar-refractivity contribution in [2.75, 3.05) is 13.7 Å². The van der Waals surface area contributed by atoms with Gasteiger partial charge in [-0.25, -0.2) is 0 Å². The Hall–Kier alpha value is 1.12. The van der Waals surface area contributed by atoms with Gasteiger partial charge in [-0.05, 0) is 76.1 Å². The Morgan fingerprint density at radius 2 is 1.53 bits per heavy atom. The lowest BCUT2D eigenvalue weighted by atomic mass is 10.1. The molecule has 0 aromatic carbocycles. The summed E-state index contributed by atoms with van der Waals surface area (Å²) in [5, 5.41) is 0. The average molecular weight is 506 g/mol. The third-order valence-electron chi connectivity index (χ3n) is 3.27. The highest BCUT2D eigenvalue weighted by molar-refractivity contribution is 14.1. The first-order valence-corrected chi connectivity index (χ1v) is 10.1. The molecule has 1 aromatic rings. The Morgan fingerprint density at radius 3 is 2.05 bits per heavy atom. The van der Waals surface area contributed by atoms with Crippen LogP contribution in [0.25, 0.3) is 0 Å². The highest BCUT2D eigenvalue weighted by atomic mass is 127. The van der Waals surface area contributed by atoms with Gasteiger partial charge in [0.1, 0.15) is 0 Å². The smallest absolute Gasteiger partial charge is 0.0696 e. The fraction of sp³-hybridized carbons (Fsp3) is 0.733. The highest BCUT2D eigenvalue weighted by Gasteiger charge is 2.04. The summed E-state index contributed by atoms with van der Waals surface area (Å²) in [6.07, 6.45) is 12.2. The maximum atomic E-state index is 5.05. The van der Waals surface area contributed by atoms with Crippen LogP contribution in [-0.4, -0.2) is 13.7 Å². The van der Waals surface area contributed by atoms with Gasteiger partial charge in [-0.2, -0.15) is 0 Å². The molecular weight excluding hydrogens is 482 g/mol. The van der Waals surface area contributed by atoms with E-state index in [9.17, 15) is 0 Å². The van der Waals surface area contributed by atoms with Crippen LogP contribution in [0.15, 0.2) is 6.07 Å². The topological polar surface area (TPSA) is 9.23 Å². The van der Waals surface area contributed by atoms with E-state index in [0.29, 0.717) is 0 Å². The molecule has 0 unspecified atom stereocenters. The second kappa shape index (κ2) is 11.7. The van der Waals surface area contributed by atoms with E-state index in [1.165, 1.54) is 63.6 Å². The Bertz CT molecular complexity index is 339. The molecule has 110 valence electrons. The summed E-state index contributed by atoms with van der Waals surface area (Å²) in [7, 11) is 1.79. The monoisotopic (exact) mass is 506 g/mol. The molecule has 0 N–H and O–H groups in total. The van der Waals surface area contributed by atoms with Crippen molar-refractivity contribution in [3.05, 3.63) is 17.4 Å². The van der Waals surface area contributed by atoms with Gasteiger partial charge in [-0.15, -0.1) is 11.3 Å². The Labute approximate surface area is 149 Å². The van der Waals surface area contributed by atoms with E-state index in [0.717, 1.165) is 6.61 Å². The number of ether oxygens (including phenoxy) is 1. The van der Waals surface area contributed by atoms with Gasteiger partial charge in [-0.1, -0.05) is 38.5 Å². The number of rotatable bonds is 11. The Balaban J connectivity index is 1.90. The molecule has 19 heavy (non-hydrogen) atoms. The average Bonchev–Trinajstić information content (AvgIpc) is 2.70. The summed E-state index contributed by atoms with van der Waals surface area (Å²) >= 11 is 6.81. The molecule has 0 saturated carbocycles. The van der Waals surface area contributed by atoms with Crippen molar-refractivity contribution in [1.29, 1.82) is 0 Å². The molecule has 0 atom stereocenters. The van der Waals surface area contributed by atoms with E-state index >= 15 is 0 Å². The second-order valence-electron chi connectivity index (χ2n) is 4.92. The third kappa shape index (κ3) is 8.88. The van der Waals surface area contributed by atoms with Crippen molar-refractivity contribution in [3.63, 3.8) is 0 Å². The van der Waals surface area contributed by atoms with Crippen molar-refractivity contribution >= 4 is 56.5 Å². The molecule has 0 saturated heterocycles. The molecule has 0 aliphatic heterocycles. The number of aryl methyl sites for hydroxylation is 1. The van der Waals surface area contributed by atoms with Gasteiger partial charge in [0.15, 0.2) is 0 Å². The van der Waals surface area contributed by atoms with Crippen LogP contribution >= 0.6 is 56.5 Å². The third-order valence-corrected chi connectivity index (χ3v) is 6.35. The lowest BCUT2D eigenvalue weighted by molar-refractivity contribution is 0.192. The van der Waals surface area contributed by atoms with Crippen LogP contribution in [0.4, 0.5) is 0 Å². The van der Waals surface area contributed by atoms with Crippen LogP contribution in [0, 0.1) is 5.77 Å². The zero-order chi connectivity index (χ0) is 13.9. The lowest BCUT2D eigenvalue weighted by Crippen LogP contribution is -1.89. The van der Waals surface area contributed by atoms with Crippen LogP contribution in [0.1, 0.15) is 56.9 Å². The summed E-state index contributed by atoms with van der Waals surface area (Å²) in [5.74, 6) is 0. The van der Waals surface area contributed by atoms with E-state index in [4.69, 9.17) is 4.74 Å². The predicted octanol–water partition coefficient (Wildman–Crippen LogP) is 6.27. The zero-order valence-electron chi connectivity index (χ0n) is 11.7. The van der Waals surface area contributed by atoms with Crippen molar-refractivity contribution in [1.82, 2.24) is 0 Å². The minimum Gasteiger partial charge on any atom is -0.385 e. The summed E-state index contributed by atoms with van der Waals surface area (Å²) in [6, 6.07) is 2.35. The Morgan fingerprint density at radius 1 is 0.947 bits per heavy atom. The normalized spacial score (nSPS) is 11.1. The summed E-state index contributed by atoms with van der Waals surface area (Å²) in [5.41, 5.74) is 1.56. The molecule has 4 heteroatoms. The first-order valence-electron chi connectivity index (χ1n) is 7.16. The summed E-state index contributed by atoms with van der Waals surface area (Å²) in [4.78, 5) is 0. The summed E-state index contributed by atoms with van der Waals surface area (Å²) in [6.45, 7) is 0.929. The van der Waals surface area contributed by atoms with Gasteiger partial charge in [0.2, 0.25) is 0 Å². The minimum absolute atomic E-state index is 0.929. The molecule has 0 aliphatic rings. The highest BCUT2D eigenvalue weighted by Crippen LogP contribution is 2.26. The molecule has 0 amide bonds. The summed E-state index contributed by atoms with van der Waals surface area (Å²) < 4.78 is 7.96. The van der Waals surface area contributed by atoms with Crippen LogP contribution in [0.2, 0.25) is 0 Å². The molecule has 1 nitrogen and oxygen atoms in total. The second-order valence-corrected chi connectivity index (χ2v) is 9.68. The molecule has 0 radical (unpaired) electrons. The number of halogens is 2. The van der Waals surface area contributed by atoms with Gasteiger partial charge in [-0.3, -0.25) is 0 Å². The zero-order valence-corrected chi connectivity index (χ0v) is 16.9. The maximum Gasteiger partial charge on any atom is 0.0696 e. The molecule has 1 rings (SSSR count). The largest absolute Gasteiger partial charge is 0.385 e. The van der Waals surface area contributed by atoms with Crippen LogP contribution < -0.4 is 0 Å². The molecule has 1 heterocycles. The van der Waals surface area contributed by atoms with Crippen LogP contribution in [0.5, 0.6) is 0 Å². The maximum absolute atomic E-state index is 5.05.